The third kappa shape index (κ3) is 4.79. The van der Waals surface area contributed by atoms with E-state index in [2.05, 4.69) is 25.4 Å². The molecule has 0 aliphatic carbocycles. The topological polar surface area (TPSA) is 24.3 Å². The van der Waals surface area contributed by atoms with Gasteiger partial charge in [0.1, 0.15) is 0 Å². The van der Waals surface area contributed by atoms with Gasteiger partial charge in [-0.05, 0) is 36.7 Å². The van der Waals surface area contributed by atoms with E-state index >= 15 is 0 Å². The number of alkyl halides is 3. The second-order valence-electron chi connectivity index (χ2n) is 7.55. The van der Waals surface area contributed by atoms with E-state index in [4.69, 9.17) is 0 Å². The van der Waals surface area contributed by atoms with E-state index in [1.165, 1.54) is 12.1 Å². The van der Waals surface area contributed by atoms with Crippen LogP contribution in [0.15, 0.2) is 54.9 Å². The molecule has 29 heavy (non-hydrogen) atoms. The van der Waals surface area contributed by atoms with Crippen LogP contribution in [0.5, 0.6) is 0 Å². The van der Waals surface area contributed by atoms with Crippen LogP contribution in [0.4, 0.5) is 13.2 Å². The fourth-order valence-corrected chi connectivity index (χ4v) is 4.00. The van der Waals surface area contributed by atoms with Gasteiger partial charge in [-0.3, -0.25) is 4.90 Å². The minimum atomic E-state index is -4.30. The number of imidazole rings is 1. The fourth-order valence-electron chi connectivity index (χ4n) is 4.00. The molecule has 0 bridgehead atoms. The Kier molecular flexibility index (Phi) is 5.87. The predicted octanol–water partition coefficient (Wildman–Crippen LogP) is 4.26. The van der Waals surface area contributed by atoms with E-state index in [0.29, 0.717) is 12.1 Å². The number of hydrogen-bond donors (Lipinski definition) is 0. The Hall–Kier alpha value is -2.38. The SMILES string of the molecule is FC(F)(F)c1ccccc1CN1CCN(CCCn2cnc3ccccc32)CC1. The summed E-state index contributed by atoms with van der Waals surface area (Å²) in [5.41, 5.74) is 2.01. The highest BCUT2D eigenvalue weighted by atomic mass is 19.4. The van der Waals surface area contributed by atoms with Gasteiger partial charge in [-0.2, -0.15) is 13.2 Å². The predicted molar refractivity (Wildman–Crippen MR) is 108 cm³/mol. The van der Waals surface area contributed by atoms with Gasteiger partial charge >= 0.3 is 6.18 Å². The lowest BCUT2D eigenvalue weighted by Gasteiger charge is -2.35. The van der Waals surface area contributed by atoms with Gasteiger partial charge < -0.3 is 9.47 Å². The van der Waals surface area contributed by atoms with Crippen molar-refractivity contribution < 1.29 is 13.2 Å². The van der Waals surface area contributed by atoms with Crippen LogP contribution in [0, 0.1) is 0 Å². The number of aromatic nitrogens is 2. The van der Waals surface area contributed by atoms with Gasteiger partial charge in [0.2, 0.25) is 0 Å². The monoisotopic (exact) mass is 402 g/mol. The van der Waals surface area contributed by atoms with Crippen molar-refractivity contribution in [3.8, 4) is 0 Å². The number of hydrogen-bond acceptors (Lipinski definition) is 3. The third-order valence-electron chi connectivity index (χ3n) is 5.58. The van der Waals surface area contributed by atoms with Gasteiger partial charge in [0.15, 0.2) is 0 Å². The fraction of sp³-hybridized carbons (Fsp3) is 0.409. The second-order valence-corrected chi connectivity index (χ2v) is 7.55. The first-order valence-electron chi connectivity index (χ1n) is 10.0. The van der Waals surface area contributed by atoms with E-state index in [1.54, 1.807) is 12.1 Å². The first kappa shape index (κ1) is 19.9. The van der Waals surface area contributed by atoms with Crippen LogP contribution < -0.4 is 0 Å². The van der Waals surface area contributed by atoms with E-state index in [1.807, 2.05) is 24.5 Å². The van der Waals surface area contributed by atoms with Crippen LogP contribution in [0.25, 0.3) is 11.0 Å². The van der Waals surface area contributed by atoms with Gasteiger partial charge in [0.05, 0.1) is 22.9 Å². The standard InChI is InChI=1S/C22H25F3N4/c23-22(24,25)19-7-2-1-6-18(19)16-28-14-12-27(13-15-28)10-5-11-29-17-26-20-8-3-4-9-21(20)29/h1-4,6-9,17H,5,10-16H2. The van der Waals surface area contributed by atoms with Crippen LogP contribution in [0.1, 0.15) is 17.5 Å². The van der Waals surface area contributed by atoms with E-state index in [9.17, 15) is 13.2 Å². The molecule has 0 unspecified atom stereocenters. The number of para-hydroxylation sites is 2. The summed E-state index contributed by atoms with van der Waals surface area (Å²) in [7, 11) is 0. The summed E-state index contributed by atoms with van der Waals surface area (Å²) < 4.78 is 41.7. The number of aryl methyl sites for hydroxylation is 1. The first-order valence-corrected chi connectivity index (χ1v) is 10.0. The number of benzene rings is 2. The lowest BCUT2D eigenvalue weighted by atomic mass is 10.1. The molecule has 7 heteroatoms. The molecule has 2 aromatic carbocycles. The van der Waals surface area contributed by atoms with Crippen molar-refractivity contribution in [1.82, 2.24) is 19.4 Å². The van der Waals surface area contributed by atoms with Crippen molar-refractivity contribution in [2.45, 2.75) is 25.7 Å². The maximum absolute atomic E-state index is 13.2. The van der Waals surface area contributed by atoms with Crippen molar-refractivity contribution >= 4 is 11.0 Å². The Morgan fingerprint density at radius 1 is 0.828 bits per heavy atom. The molecule has 1 aromatic heterocycles. The van der Waals surface area contributed by atoms with Gasteiger partial charge in [-0.15, -0.1) is 0 Å². The summed E-state index contributed by atoms with van der Waals surface area (Å²) in [6, 6.07) is 14.0. The van der Waals surface area contributed by atoms with Crippen molar-refractivity contribution in [3.63, 3.8) is 0 Å². The number of fused-ring (bicyclic) bond motifs is 1. The summed E-state index contributed by atoms with van der Waals surface area (Å²) in [6.45, 7) is 5.61. The molecule has 2 heterocycles. The van der Waals surface area contributed by atoms with E-state index in [-0.39, 0.29) is 0 Å². The largest absolute Gasteiger partial charge is 0.416 e. The lowest BCUT2D eigenvalue weighted by Crippen LogP contribution is -2.46. The summed E-state index contributed by atoms with van der Waals surface area (Å²) in [4.78, 5) is 8.93. The maximum Gasteiger partial charge on any atom is 0.416 e. The Morgan fingerprint density at radius 2 is 1.52 bits per heavy atom. The van der Waals surface area contributed by atoms with Crippen molar-refractivity contribution in [2.24, 2.45) is 0 Å². The molecule has 3 aromatic rings. The number of halogens is 3. The molecular formula is C22H25F3N4. The Morgan fingerprint density at radius 3 is 2.31 bits per heavy atom. The van der Waals surface area contributed by atoms with Crippen molar-refractivity contribution in [2.75, 3.05) is 32.7 Å². The molecule has 0 saturated carbocycles. The molecule has 4 nitrogen and oxygen atoms in total. The molecule has 1 saturated heterocycles. The van der Waals surface area contributed by atoms with Crippen LogP contribution in [-0.2, 0) is 19.3 Å². The molecule has 1 aliphatic heterocycles. The molecule has 0 atom stereocenters. The summed E-state index contributed by atoms with van der Waals surface area (Å²) >= 11 is 0. The average Bonchev–Trinajstić information content (AvgIpc) is 3.12. The van der Waals surface area contributed by atoms with Gasteiger partial charge in [-0.1, -0.05) is 30.3 Å². The van der Waals surface area contributed by atoms with Gasteiger partial charge in [0.25, 0.3) is 0 Å². The number of piperazine rings is 1. The van der Waals surface area contributed by atoms with Crippen molar-refractivity contribution in [3.05, 3.63) is 66.0 Å². The van der Waals surface area contributed by atoms with Crippen molar-refractivity contribution in [1.29, 1.82) is 0 Å². The highest BCUT2D eigenvalue weighted by Gasteiger charge is 2.33. The molecule has 1 fully saturated rings. The zero-order chi connectivity index (χ0) is 20.3. The molecule has 0 N–H and O–H groups in total. The lowest BCUT2D eigenvalue weighted by molar-refractivity contribution is -0.138. The van der Waals surface area contributed by atoms with Gasteiger partial charge in [-0.25, -0.2) is 4.98 Å². The Labute approximate surface area is 168 Å². The van der Waals surface area contributed by atoms with Crippen LogP contribution in [0.2, 0.25) is 0 Å². The van der Waals surface area contributed by atoms with Crippen LogP contribution in [-0.4, -0.2) is 52.1 Å². The van der Waals surface area contributed by atoms with E-state index in [0.717, 1.165) is 56.7 Å². The molecule has 0 spiro atoms. The highest BCUT2D eigenvalue weighted by Crippen LogP contribution is 2.32. The smallest absolute Gasteiger partial charge is 0.331 e. The van der Waals surface area contributed by atoms with Crippen LogP contribution in [0.3, 0.4) is 0 Å². The molecule has 4 rings (SSSR count). The molecule has 0 amide bonds. The average molecular weight is 402 g/mol. The zero-order valence-corrected chi connectivity index (χ0v) is 16.3. The minimum absolute atomic E-state index is 0.352. The quantitative estimate of drug-likeness (QED) is 0.616. The maximum atomic E-state index is 13.2. The summed E-state index contributed by atoms with van der Waals surface area (Å²) in [6.07, 6.45) is -1.38. The van der Waals surface area contributed by atoms with Crippen LogP contribution >= 0.6 is 0 Å². The van der Waals surface area contributed by atoms with E-state index < -0.39 is 11.7 Å². The molecule has 154 valence electrons. The third-order valence-corrected chi connectivity index (χ3v) is 5.58. The first-order chi connectivity index (χ1) is 14.0. The summed E-state index contributed by atoms with van der Waals surface area (Å²) in [5.74, 6) is 0. The molecular weight excluding hydrogens is 377 g/mol. The molecule has 0 radical (unpaired) electrons. The zero-order valence-electron chi connectivity index (χ0n) is 16.3. The number of nitrogens with zero attached hydrogens (tertiary/aromatic N) is 4. The normalized spacial score (nSPS) is 16.5. The number of rotatable bonds is 6. The Balaban J connectivity index is 1.25. The second kappa shape index (κ2) is 8.55. The highest BCUT2D eigenvalue weighted by molar-refractivity contribution is 5.74. The molecule has 1 aliphatic rings. The minimum Gasteiger partial charge on any atom is -0.331 e. The van der Waals surface area contributed by atoms with Gasteiger partial charge in [0, 0.05) is 39.3 Å². The summed E-state index contributed by atoms with van der Waals surface area (Å²) in [5, 5.41) is 0. The Bertz CT molecular complexity index is 942.